The topological polar surface area (TPSA) is 101 Å². The van der Waals surface area contributed by atoms with Crippen LogP contribution in [-0.2, 0) is 24.3 Å². The molecule has 0 amide bonds. The Morgan fingerprint density at radius 1 is 1.42 bits per heavy atom. The second-order valence-corrected chi connectivity index (χ2v) is 6.50. The molecule has 1 aliphatic heterocycles. The Morgan fingerprint density at radius 2 is 2.11 bits per heavy atom. The number of rotatable bonds is 6. The van der Waals surface area contributed by atoms with E-state index in [4.69, 9.17) is 9.84 Å². The minimum Gasteiger partial charge on any atom is -0.481 e. The molecule has 0 aromatic carbocycles. The molecular weight excluding hydrogens is 274 g/mol. The van der Waals surface area contributed by atoms with Crippen LogP contribution in [-0.4, -0.2) is 55.2 Å². The van der Waals surface area contributed by atoms with Gasteiger partial charge in [0.25, 0.3) is 0 Å². The summed E-state index contributed by atoms with van der Waals surface area (Å²) in [6.07, 6.45) is 0.752. The van der Waals surface area contributed by atoms with E-state index in [1.165, 1.54) is 4.31 Å². The van der Waals surface area contributed by atoms with Crippen LogP contribution in [0.25, 0.3) is 0 Å². The molecule has 0 radical (unpaired) electrons. The van der Waals surface area contributed by atoms with Gasteiger partial charge in [-0.3, -0.25) is 9.59 Å². The van der Waals surface area contributed by atoms with Crippen LogP contribution in [0.2, 0.25) is 0 Å². The molecule has 1 aliphatic rings. The SMILES string of the molecule is CCOC(=O)C1CCCN(S(=O)(=O)CCC(=O)O)C1. The van der Waals surface area contributed by atoms with Crippen LogP contribution in [0.5, 0.6) is 0 Å². The summed E-state index contributed by atoms with van der Waals surface area (Å²) in [5.41, 5.74) is 0. The molecule has 1 fully saturated rings. The zero-order valence-corrected chi connectivity index (χ0v) is 11.7. The van der Waals surface area contributed by atoms with Crippen LogP contribution < -0.4 is 0 Å². The third kappa shape index (κ3) is 4.79. The number of hydrogen-bond acceptors (Lipinski definition) is 5. The average Bonchev–Trinajstić information content (AvgIpc) is 2.37. The Balaban J connectivity index is 2.63. The van der Waals surface area contributed by atoms with Crippen LogP contribution >= 0.6 is 0 Å². The number of ether oxygens (including phenoxy) is 1. The largest absolute Gasteiger partial charge is 0.481 e. The molecule has 1 heterocycles. The van der Waals surface area contributed by atoms with Crippen molar-refractivity contribution in [3.63, 3.8) is 0 Å². The lowest BCUT2D eigenvalue weighted by molar-refractivity contribution is -0.149. The fraction of sp³-hybridized carbons (Fsp3) is 0.818. The molecule has 0 bridgehead atoms. The maximum absolute atomic E-state index is 11.9. The van der Waals surface area contributed by atoms with Gasteiger partial charge in [-0.1, -0.05) is 0 Å². The lowest BCUT2D eigenvalue weighted by Gasteiger charge is -2.30. The van der Waals surface area contributed by atoms with E-state index >= 15 is 0 Å². The summed E-state index contributed by atoms with van der Waals surface area (Å²) >= 11 is 0. The van der Waals surface area contributed by atoms with Gasteiger partial charge in [0.2, 0.25) is 10.0 Å². The molecule has 7 nitrogen and oxygen atoms in total. The number of carboxylic acids is 1. The van der Waals surface area contributed by atoms with Crippen LogP contribution in [0.3, 0.4) is 0 Å². The van der Waals surface area contributed by atoms with Gasteiger partial charge in [-0.2, -0.15) is 0 Å². The zero-order chi connectivity index (χ0) is 14.5. The van der Waals surface area contributed by atoms with E-state index in [-0.39, 0.29) is 19.1 Å². The first-order valence-electron chi connectivity index (χ1n) is 6.23. The number of nitrogens with zero attached hydrogens (tertiary/aromatic N) is 1. The summed E-state index contributed by atoms with van der Waals surface area (Å²) in [6, 6.07) is 0. The number of aliphatic carboxylic acids is 1. The third-order valence-corrected chi connectivity index (χ3v) is 4.81. The Labute approximate surface area is 112 Å². The lowest BCUT2D eigenvalue weighted by Crippen LogP contribution is -2.43. The van der Waals surface area contributed by atoms with Crippen LogP contribution in [0, 0.1) is 5.92 Å². The normalized spacial score (nSPS) is 21.0. The van der Waals surface area contributed by atoms with Crippen molar-refractivity contribution < 1.29 is 27.9 Å². The fourth-order valence-electron chi connectivity index (χ4n) is 1.99. The predicted octanol–water partition coefficient (Wildman–Crippen LogP) is 0.0660. The highest BCUT2D eigenvalue weighted by atomic mass is 32.2. The van der Waals surface area contributed by atoms with Gasteiger partial charge in [0.1, 0.15) is 0 Å². The van der Waals surface area contributed by atoms with Crippen molar-refractivity contribution in [2.75, 3.05) is 25.4 Å². The van der Waals surface area contributed by atoms with Crippen molar-refractivity contribution in [3.8, 4) is 0 Å². The highest BCUT2D eigenvalue weighted by Crippen LogP contribution is 2.21. The molecule has 19 heavy (non-hydrogen) atoms. The molecule has 0 aromatic heterocycles. The summed E-state index contributed by atoms with van der Waals surface area (Å²) in [5.74, 6) is -2.42. The molecule has 0 aliphatic carbocycles. The molecular formula is C11H19NO6S. The standard InChI is InChI=1S/C11H19NO6S/c1-2-18-11(15)9-4-3-6-12(8-9)19(16,17)7-5-10(13)14/h9H,2-8H2,1H3,(H,13,14). The summed E-state index contributed by atoms with van der Waals surface area (Å²) in [5, 5.41) is 8.53. The van der Waals surface area contributed by atoms with Gasteiger partial charge < -0.3 is 9.84 Å². The first kappa shape index (κ1) is 15.9. The van der Waals surface area contributed by atoms with Crippen molar-refractivity contribution >= 4 is 22.0 Å². The van der Waals surface area contributed by atoms with E-state index in [2.05, 4.69) is 0 Å². The van der Waals surface area contributed by atoms with E-state index < -0.39 is 34.1 Å². The molecule has 0 aromatic rings. The zero-order valence-electron chi connectivity index (χ0n) is 10.9. The van der Waals surface area contributed by atoms with Crippen molar-refractivity contribution in [1.82, 2.24) is 4.31 Å². The van der Waals surface area contributed by atoms with Crippen molar-refractivity contribution in [1.29, 1.82) is 0 Å². The molecule has 1 rings (SSSR count). The number of carbonyl (C=O) groups excluding carboxylic acids is 1. The van der Waals surface area contributed by atoms with Gasteiger partial charge in [-0.15, -0.1) is 0 Å². The number of sulfonamides is 1. The molecule has 8 heteroatoms. The fourth-order valence-corrected chi connectivity index (χ4v) is 3.50. The quantitative estimate of drug-likeness (QED) is 0.695. The minimum atomic E-state index is -3.62. The van der Waals surface area contributed by atoms with Crippen molar-refractivity contribution in [2.24, 2.45) is 5.92 Å². The maximum Gasteiger partial charge on any atom is 0.310 e. The second-order valence-electron chi connectivity index (χ2n) is 4.41. The van der Waals surface area contributed by atoms with Gasteiger partial charge in [0.05, 0.1) is 24.7 Å². The first-order valence-corrected chi connectivity index (χ1v) is 7.84. The predicted molar refractivity (Wildman–Crippen MR) is 67.0 cm³/mol. The Hall–Kier alpha value is -1.15. The first-order chi connectivity index (χ1) is 8.86. The average molecular weight is 293 g/mol. The van der Waals surface area contributed by atoms with E-state index in [9.17, 15) is 18.0 Å². The monoisotopic (exact) mass is 293 g/mol. The number of carboxylic acid groups (broad SMARTS) is 1. The van der Waals surface area contributed by atoms with Crippen LogP contribution in [0.4, 0.5) is 0 Å². The van der Waals surface area contributed by atoms with E-state index in [1.54, 1.807) is 6.92 Å². The van der Waals surface area contributed by atoms with Gasteiger partial charge in [-0.05, 0) is 19.8 Å². The minimum absolute atomic E-state index is 0.0841. The molecule has 0 saturated carbocycles. The molecule has 1 saturated heterocycles. The molecule has 1 unspecified atom stereocenters. The molecule has 1 atom stereocenters. The second kappa shape index (κ2) is 6.85. The van der Waals surface area contributed by atoms with Crippen molar-refractivity contribution in [2.45, 2.75) is 26.2 Å². The van der Waals surface area contributed by atoms with Gasteiger partial charge in [0.15, 0.2) is 0 Å². The van der Waals surface area contributed by atoms with Crippen LogP contribution in [0.15, 0.2) is 0 Å². The number of esters is 1. The van der Waals surface area contributed by atoms with Gasteiger partial charge in [0, 0.05) is 13.1 Å². The Kier molecular flexibility index (Phi) is 5.74. The molecule has 0 spiro atoms. The van der Waals surface area contributed by atoms with Crippen molar-refractivity contribution in [3.05, 3.63) is 0 Å². The highest BCUT2D eigenvalue weighted by Gasteiger charge is 2.33. The summed E-state index contributed by atoms with van der Waals surface area (Å²) in [6.45, 7) is 2.38. The van der Waals surface area contributed by atoms with Crippen LogP contribution in [0.1, 0.15) is 26.2 Å². The van der Waals surface area contributed by atoms with E-state index in [1.807, 2.05) is 0 Å². The molecule has 110 valence electrons. The highest BCUT2D eigenvalue weighted by molar-refractivity contribution is 7.89. The van der Waals surface area contributed by atoms with Gasteiger partial charge in [-0.25, -0.2) is 12.7 Å². The molecule has 1 N–H and O–H groups in total. The van der Waals surface area contributed by atoms with Gasteiger partial charge >= 0.3 is 11.9 Å². The number of carbonyl (C=O) groups is 2. The maximum atomic E-state index is 11.9. The summed E-state index contributed by atoms with van der Waals surface area (Å²) in [7, 11) is -3.62. The number of piperidine rings is 1. The number of hydrogen-bond donors (Lipinski definition) is 1. The lowest BCUT2D eigenvalue weighted by atomic mass is 10.0. The smallest absolute Gasteiger partial charge is 0.310 e. The van der Waals surface area contributed by atoms with E-state index in [0.29, 0.717) is 19.4 Å². The summed E-state index contributed by atoms with van der Waals surface area (Å²) < 4.78 is 29.9. The van der Waals surface area contributed by atoms with E-state index in [0.717, 1.165) is 0 Å². The third-order valence-electron chi connectivity index (χ3n) is 2.97. The Morgan fingerprint density at radius 3 is 2.68 bits per heavy atom. The summed E-state index contributed by atoms with van der Waals surface area (Å²) in [4.78, 5) is 22.0. The Bertz CT molecular complexity index is 432.